The van der Waals surface area contributed by atoms with Crippen molar-refractivity contribution in [1.29, 1.82) is 0 Å². The predicted octanol–water partition coefficient (Wildman–Crippen LogP) is 2.68. The molecule has 1 aliphatic rings. The van der Waals surface area contributed by atoms with Crippen LogP contribution in [0.4, 0.5) is 0 Å². The highest BCUT2D eigenvalue weighted by Crippen LogP contribution is 2.24. The molecule has 0 aromatic heterocycles. The Kier molecular flexibility index (Phi) is 3.49. The monoisotopic (exact) mass is 219 g/mol. The molecule has 1 aromatic carbocycles. The van der Waals surface area contributed by atoms with Gasteiger partial charge in [0, 0.05) is 12.5 Å². The van der Waals surface area contributed by atoms with Crippen LogP contribution in [-0.4, -0.2) is 19.2 Å². The van der Waals surface area contributed by atoms with E-state index < -0.39 is 0 Å². The number of hydrogen-bond acceptors (Lipinski definition) is 2. The SMILES string of the molecule is Cc1ccc(C)c(OC2CCNCC2C)c1. The van der Waals surface area contributed by atoms with E-state index in [-0.39, 0.29) is 0 Å². The lowest BCUT2D eigenvalue weighted by Gasteiger charge is -2.30. The van der Waals surface area contributed by atoms with E-state index in [1.165, 1.54) is 11.1 Å². The van der Waals surface area contributed by atoms with E-state index in [0.717, 1.165) is 25.3 Å². The first-order chi connectivity index (χ1) is 7.66. The van der Waals surface area contributed by atoms with Gasteiger partial charge in [-0.3, -0.25) is 0 Å². The van der Waals surface area contributed by atoms with Crippen LogP contribution in [0, 0.1) is 19.8 Å². The van der Waals surface area contributed by atoms with Gasteiger partial charge in [-0.2, -0.15) is 0 Å². The lowest BCUT2D eigenvalue weighted by atomic mass is 9.98. The zero-order valence-electron chi connectivity index (χ0n) is 10.4. The molecule has 0 radical (unpaired) electrons. The lowest BCUT2D eigenvalue weighted by Crippen LogP contribution is -2.41. The third-order valence-corrected chi connectivity index (χ3v) is 3.33. The summed E-state index contributed by atoms with van der Waals surface area (Å²) in [6.07, 6.45) is 1.47. The van der Waals surface area contributed by atoms with Crippen LogP contribution in [0.25, 0.3) is 0 Å². The number of nitrogens with one attached hydrogen (secondary N) is 1. The minimum absolute atomic E-state index is 0.363. The highest BCUT2D eigenvalue weighted by Gasteiger charge is 2.22. The molecule has 0 bridgehead atoms. The molecule has 1 saturated heterocycles. The standard InChI is InChI=1S/C14H21NO/c1-10-4-5-11(2)14(8-10)16-13-6-7-15-9-12(13)3/h4-5,8,12-13,15H,6-7,9H2,1-3H3. The van der Waals surface area contributed by atoms with Crippen LogP contribution in [0.15, 0.2) is 18.2 Å². The average molecular weight is 219 g/mol. The summed E-state index contributed by atoms with van der Waals surface area (Å²) < 4.78 is 6.14. The molecule has 0 spiro atoms. The summed E-state index contributed by atoms with van der Waals surface area (Å²) in [5.74, 6) is 1.65. The second-order valence-corrected chi connectivity index (χ2v) is 4.90. The first-order valence-corrected chi connectivity index (χ1v) is 6.11. The number of rotatable bonds is 2. The Bertz CT molecular complexity index is 362. The fourth-order valence-corrected chi connectivity index (χ4v) is 2.16. The summed E-state index contributed by atoms with van der Waals surface area (Å²) in [6.45, 7) is 8.61. The molecule has 2 rings (SSSR count). The second kappa shape index (κ2) is 4.88. The van der Waals surface area contributed by atoms with E-state index in [0.29, 0.717) is 12.0 Å². The normalized spacial score (nSPS) is 25.4. The molecular formula is C14H21NO. The maximum atomic E-state index is 6.14. The lowest BCUT2D eigenvalue weighted by molar-refractivity contribution is 0.111. The summed E-state index contributed by atoms with van der Waals surface area (Å²) in [4.78, 5) is 0. The van der Waals surface area contributed by atoms with Gasteiger partial charge in [-0.1, -0.05) is 19.1 Å². The van der Waals surface area contributed by atoms with E-state index in [4.69, 9.17) is 4.74 Å². The molecule has 1 aromatic rings. The molecule has 1 aliphatic heterocycles. The van der Waals surface area contributed by atoms with Gasteiger partial charge in [0.2, 0.25) is 0 Å². The summed E-state index contributed by atoms with van der Waals surface area (Å²) in [5, 5.41) is 3.40. The van der Waals surface area contributed by atoms with Gasteiger partial charge in [0.05, 0.1) is 0 Å². The zero-order chi connectivity index (χ0) is 11.5. The highest BCUT2D eigenvalue weighted by molar-refractivity contribution is 5.36. The number of piperidine rings is 1. The largest absolute Gasteiger partial charge is 0.490 e. The third kappa shape index (κ3) is 2.56. The molecule has 16 heavy (non-hydrogen) atoms. The molecular weight excluding hydrogens is 198 g/mol. The van der Waals surface area contributed by atoms with Crippen molar-refractivity contribution in [2.24, 2.45) is 5.92 Å². The number of hydrogen-bond donors (Lipinski definition) is 1. The number of benzene rings is 1. The van der Waals surface area contributed by atoms with Crippen molar-refractivity contribution in [2.75, 3.05) is 13.1 Å². The first kappa shape index (κ1) is 11.5. The molecule has 0 aliphatic carbocycles. The van der Waals surface area contributed by atoms with Crippen LogP contribution >= 0.6 is 0 Å². The van der Waals surface area contributed by atoms with Gasteiger partial charge in [-0.25, -0.2) is 0 Å². The molecule has 2 heteroatoms. The van der Waals surface area contributed by atoms with Crippen molar-refractivity contribution in [1.82, 2.24) is 5.32 Å². The molecule has 0 amide bonds. The van der Waals surface area contributed by atoms with Gasteiger partial charge in [-0.15, -0.1) is 0 Å². The Hall–Kier alpha value is -1.02. The first-order valence-electron chi connectivity index (χ1n) is 6.11. The van der Waals surface area contributed by atoms with E-state index in [1.807, 2.05) is 0 Å². The van der Waals surface area contributed by atoms with E-state index >= 15 is 0 Å². The smallest absolute Gasteiger partial charge is 0.122 e. The van der Waals surface area contributed by atoms with E-state index in [9.17, 15) is 0 Å². The van der Waals surface area contributed by atoms with Gasteiger partial charge in [-0.05, 0) is 44.0 Å². The average Bonchev–Trinajstić information content (AvgIpc) is 2.27. The second-order valence-electron chi connectivity index (χ2n) is 4.90. The summed E-state index contributed by atoms with van der Waals surface area (Å²) in [7, 11) is 0. The van der Waals surface area contributed by atoms with Crippen molar-refractivity contribution in [2.45, 2.75) is 33.3 Å². The van der Waals surface area contributed by atoms with Crippen LogP contribution in [0.2, 0.25) is 0 Å². The van der Waals surface area contributed by atoms with Gasteiger partial charge in [0.15, 0.2) is 0 Å². The molecule has 2 atom stereocenters. The number of ether oxygens (including phenoxy) is 1. The van der Waals surface area contributed by atoms with Crippen molar-refractivity contribution in [3.8, 4) is 5.75 Å². The Morgan fingerprint density at radius 3 is 2.88 bits per heavy atom. The fourth-order valence-electron chi connectivity index (χ4n) is 2.16. The molecule has 1 N–H and O–H groups in total. The summed E-state index contributed by atoms with van der Waals surface area (Å²) in [5.41, 5.74) is 2.50. The van der Waals surface area contributed by atoms with Crippen LogP contribution in [0.1, 0.15) is 24.5 Å². The minimum Gasteiger partial charge on any atom is -0.490 e. The quantitative estimate of drug-likeness (QED) is 0.825. The zero-order valence-corrected chi connectivity index (χ0v) is 10.4. The third-order valence-electron chi connectivity index (χ3n) is 3.33. The van der Waals surface area contributed by atoms with Crippen LogP contribution in [-0.2, 0) is 0 Å². The predicted molar refractivity (Wildman–Crippen MR) is 67.0 cm³/mol. The van der Waals surface area contributed by atoms with Crippen molar-refractivity contribution in [3.63, 3.8) is 0 Å². The summed E-state index contributed by atoms with van der Waals surface area (Å²) >= 11 is 0. The summed E-state index contributed by atoms with van der Waals surface area (Å²) in [6, 6.07) is 6.41. The van der Waals surface area contributed by atoms with Crippen molar-refractivity contribution in [3.05, 3.63) is 29.3 Å². The van der Waals surface area contributed by atoms with Crippen LogP contribution < -0.4 is 10.1 Å². The maximum Gasteiger partial charge on any atom is 0.122 e. The van der Waals surface area contributed by atoms with Gasteiger partial charge < -0.3 is 10.1 Å². The Morgan fingerprint density at radius 1 is 1.31 bits per heavy atom. The van der Waals surface area contributed by atoms with E-state index in [2.05, 4.69) is 44.3 Å². The minimum atomic E-state index is 0.363. The van der Waals surface area contributed by atoms with Crippen molar-refractivity contribution < 1.29 is 4.74 Å². The topological polar surface area (TPSA) is 21.3 Å². The Labute approximate surface area is 98.0 Å². The van der Waals surface area contributed by atoms with Crippen LogP contribution in [0.3, 0.4) is 0 Å². The maximum absolute atomic E-state index is 6.14. The van der Waals surface area contributed by atoms with Gasteiger partial charge in [0.1, 0.15) is 11.9 Å². The number of aryl methyl sites for hydroxylation is 2. The molecule has 2 unspecified atom stereocenters. The fraction of sp³-hybridized carbons (Fsp3) is 0.571. The van der Waals surface area contributed by atoms with Gasteiger partial charge >= 0.3 is 0 Å². The van der Waals surface area contributed by atoms with E-state index in [1.54, 1.807) is 0 Å². The van der Waals surface area contributed by atoms with Crippen LogP contribution in [0.5, 0.6) is 5.75 Å². The Balaban J connectivity index is 2.10. The molecule has 1 heterocycles. The molecule has 1 fully saturated rings. The molecule has 88 valence electrons. The Morgan fingerprint density at radius 2 is 2.12 bits per heavy atom. The highest BCUT2D eigenvalue weighted by atomic mass is 16.5. The molecule has 0 saturated carbocycles. The molecule has 2 nitrogen and oxygen atoms in total. The van der Waals surface area contributed by atoms with Gasteiger partial charge in [0.25, 0.3) is 0 Å². The van der Waals surface area contributed by atoms with Crippen molar-refractivity contribution >= 4 is 0 Å².